The van der Waals surface area contributed by atoms with Crippen molar-refractivity contribution < 1.29 is 9.59 Å². The molecule has 0 aliphatic heterocycles. The zero-order valence-corrected chi connectivity index (χ0v) is 15.9. The van der Waals surface area contributed by atoms with Gasteiger partial charge in [-0.1, -0.05) is 42.0 Å². The van der Waals surface area contributed by atoms with Crippen LogP contribution in [0.4, 0.5) is 5.69 Å². The summed E-state index contributed by atoms with van der Waals surface area (Å²) >= 11 is 0. The molecule has 0 aliphatic rings. The highest BCUT2D eigenvalue weighted by molar-refractivity contribution is 5.91. The number of hydrogen-bond acceptors (Lipinski definition) is 4. The molecule has 0 spiro atoms. The maximum atomic E-state index is 12.6. The molecule has 0 saturated carbocycles. The Morgan fingerprint density at radius 2 is 1.93 bits per heavy atom. The summed E-state index contributed by atoms with van der Waals surface area (Å²) in [7, 11) is 0. The normalized spacial score (nSPS) is 11.6. The van der Waals surface area contributed by atoms with Crippen LogP contribution in [0.3, 0.4) is 0 Å². The van der Waals surface area contributed by atoms with Crippen LogP contribution in [0.15, 0.2) is 61.2 Å². The van der Waals surface area contributed by atoms with E-state index >= 15 is 0 Å². The number of carbonyl (C=O) groups excluding carboxylic acids is 2. The van der Waals surface area contributed by atoms with Crippen molar-refractivity contribution >= 4 is 17.5 Å². The zero-order valence-electron chi connectivity index (χ0n) is 15.9. The van der Waals surface area contributed by atoms with Crippen LogP contribution in [0, 0.1) is 6.92 Å². The average molecular weight is 377 g/mol. The van der Waals surface area contributed by atoms with Crippen LogP contribution in [0.2, 0.25) is 0 Å². The molecule has 0 saturated heterocycles. The number of nitrogens with zero attached hydrogens (tertiary/aromatic N) is 3. The molecule has 3 aromatic rings. The molecule has 2 amide bonds. The Bertz CT molecular complexity index is 936. The SMILES string of the molecule is CC(=O)NC(CC(=O)Nc1cccc(Cn2cncn2)c1)c1ccc(C)cc1. The van der Waals surface area contributed by atoms with E-state index in [-0.39, 0.29) is 24.3 Å². The summed E-state index contributed by atoms with van der Waals surface area (Å²) in [5.41, 5.74) is 3.73. The number of carbonyl (C=O) groups is 2. The van der Waals surface area contributed by atoms with E-state index in [2.05, 4.69) is 20.7 Å². The summed E-state index contributed by atoms with van der Waals surface area (Å²) in [6.45, 7) is 4.02. The first-order chi connectivity index (χ1) is 13.5. The second-order valence-electron chi connectivity index (χ2n) is 6.71. The second kappa shape index (κ2) is 8.94. The Labute approximate surface area is 163 Å². The Balaban J connectivity index is 1.67. The lowest BCUT2D eigenvalue weighted by molar-refractivity contribution is -0.120. The summed E-state index contributed by atoms with van der Waals surface area (Å²) in [5.74, 6) is -0.342. The van der Waals surface area contributed by atoms with Gasteiger partial charge < -0.3 is 10.6 Å². The molecule has 0 bridgehead atoms. The maximum absolute atomic E-state index is 12.6. The largest absolute Gasteiger partial charge is 0.349 e. The maximum Gasteiger partial charge on any atom is 0.226 e. The molecule has 1 heterocycles. The molecule has 7 heteroatoms. The highest BCUT2D eigenvalue weighted by Crippen LogP contribution is 2.19. The third-order valence-electron chi connectivity index (χ3n) is 4.27. The Morgan fingerprint density at radius 1 is 1.14 bits per heavy atom. The molecular weight excluding hydrogens is 354 g/mol. The predicted molar refractivity (Wildman–Crippen MR) is 107 cm³/mol. The van der Waals surface area contributed by atoms with Gasteiger partial charge in [-0.2, -0.15) is 5.10 Å². The number of aromatic nitrogens is 3. The van der Waals surface area contributed by atoms with E-state index in [0.717, 1.165) is 16.7 Å². The van der Waals surface area contributed by atoms with Crippen molar-refractivity contribution in [2.75, 3.05) is 5.32 Å². The first-order valence-electron chi connectivity index (χ1n) is 9.04. The number of rotatable bonds is 7. The van der Waals surface area contributed by atoms with Gasteiger partial charge in [0.2, 0.25) is 11.8 Å². The zero-order chi connectivity index (χ0) is 19.9. The molecule has 2 aromatic carbocycles. The quantitative estimate of drug-likeness (QED) is 0.663. The van der Waals surface area contributed by atoms with Gasteiger partial charge in [0.25, 0.3) is 0 Å². The molecule has 0 aliphatic carbocycles. The molecule has 1 aromatic heterocycles. The number of nitrogens with one attached hydrogen (secondary N) is 2. The van der Waals surface area contributed by atoms with Crippen LogP contribution in [-0.2, 0) is 16.1 Å². The van der Waals surface area contributed by atoms with Gasteiger partial charge >= 0.3 is 0 Å². The van der Waals surface area contributed by atoms with Crippen molar-refractivity contribution in [3.05, 3.63) is 77.9 Å². The van der Waals surface area contributed by atoms with Crippen molar-refractivity contribution in [1.82, 2.24) is 20.1 Å². The first kappa shape index (κ1) is 19.3. The second-order valence-corrected chi connectivity index (χ2v) is 6.71. The molecule has 0 fully saturated rings. The Hall–Kier alpha value is -3.48. The molecule has 1 atom stereocenters. The summed E-state index contributed by atoms with van der Waals surface area (Å²) in [4.78, 5) is 28.1. The monoisotopic (exact) mass is 377 g/mol. The van der Waals surface area contributed by atoms with E-state index in [9.17, 15) is 9.59 Å². The van der Waals surface area contributed by atoms with E-state index in [0.29, 0.717) is 12.2 Å². The van der Waals surface area contributed by atoms with Crippen LogP contribution < -0.4 is 10.6 Å². The van der Waals surface area contributed by atoms with E-state index in [1.807, 2.05) is 55.5 Å². The standard InChI is InChI=1S/C21H23N5O2/c1-15-6-8-18(9-7-15)20(24-16(2)27)11-21(28)25-19-5-3-4-17(10-19)12-26-14-22-13-23-26/h3-10,13-14,20H,11-12H2,1-2H3,(H,24,27)(H,25,28). The van der Waals surface area contributed by atoms with Crippen molar-refractivity contribution in [1.29, 1.82) is 0 Å². The number of anilines is 1. The minimum atomic E-state index is -0.378. The van der Waals surface area contributed by atoms with Gasteiger partial charge in [0.1, 0.15) is 12.7 Å². The van der Waals surface area contributed by atoms with E-state index < -0.39 is 0 Å². The number of hydrogen-bond donors (Lipinski definition) is 2. The fraction of sp³-hybridized carbons (Fsp3) is 0.238. The Morgan fingerprint density at radius 3 is 2.61 bits per heavy atom. The lowest BCUT2D eigenvalue weighted by atomic mass is 10.0. The lowest BCUT2D eigenvalue weighted by Gasteiger charge is -2.18. The molecule has 2 N–H and O–H groups in total. The van der Waals surface area contributed by atoms with E-state index in [4.69, 9.17) is 0 Å². The average Bonchev–Trinajstić information content (AvgIpc) is 3.14. The fourth-order valence-electron chi connectivity index (χ4n) is 2.94. The van der Waals surface area contributed by atoms with E-state index in [1.165, 1.54) is 13.3 Å². The minimum absolute atomic E-state index is 0.149. The van der Waals surface area contributed by atoms with Crippen LogP contribution in [0.25, 0.3) is 0 Å². The van der Waals surface area contributed by atoms with Crippen LogP contribution in [0.5, 0.6) is 0 Å². The van der Waals surface area contributed by atoms with Gasteiger partial charge in [0.15, 0.2) is 0 Å². The smallest absolute Gasteiger partial charge is 0.226 e. The molecular formula is C21H23N5O2. The highest BCUT2D eigenvalue weighted by atomic mass is 16.2. The van der Waals surface area contributed by atoms with Crippen LogP contribution in [-0.4, -0.2) is 26.6 Å². The van der Waals surface area contributed by atoms with Gasteiger partial charge in [-0.15, -0.1) is 0 Å². The molecule has 0 radical (unpaired) electrons. The molecule has 7 nitrogen and oxygen atoms in total. The van der Waals surface area contributed by atoms with Gasteiger partial charge in [-0.05, 0) is 30.2 Å². The van der Waals surface area contributed by atoms with Gasteiger partial charge in [-0.25, -0.2) is 9.67 Å². The van der Waals surface area contributed by atoms with Crippen molar-refractivity contribution in [2.24, 2.45) is 0 Å². The van der Waals surface area contributed by atoms with Gasteiger partial charge in [0, 0.05) is 12.6 Å². The van der Waals surface area contributed by atoms with Crippen molar-refractivity contribution in [3.8, 4) is 0 Å². The van der Waals surface area contributed by atoms with E-state index in [1.54, 1.807) is 11.0 Å². The summed E-state index contributed by atoms with van der Waals surface area (Å²) in [6, 6.07) is 15.0. The number of benzene rings is 2. The first-order valence-corrected chi connectivity index (χ1v) is 9.04. The Kier molecular flexibility index (Phi) is 6.16. The van der Waals surface area contributed by atoms with Crippen molar-refractivity contribution in [3.63, 3.8) is 0 Å². The van der Waals surface area contributed by atoms with Crippen molar-refractivity contribution in [2.45, 2.75) is 32.9 Å². The highest BCUT2D eigenvalue weighted by Gasteiger charge is 2.17. The molecule has 3 rings (SSSR count). The third-order valence-corrected chi connectivity index (χ3v) is 4.27. The summed E-state index contributed by atoms with van der Waals surface area (Å²) < 4.78 is 1.71. The predicted octanol–water partition coefficient (Wildman–Crippen LogP) is 2.84. The van der Waals surface area contributed by atoms with Crippen LogP contribution >= 0.6 is 0 Å². The third kappa shape index (κ3) is 5.51. The lowest BCUT2D eigenvalue weighted by Crippen LogP contribution is -2.29. The molecule has 28 heavy (non-hydrogen) atoms. The fourth-order valence-corrected chi connectivity index (χ4v) is 2.94. The number of amides is 2. The molecule has 1 unspecified atom stereocenters. The van der Waals surface area contributed by atoms with Gasteiger partial charge in [-0.3, -0.25) is 9.59 Å². The number of aryl methyl sites for hydroxylation is 1. The summed E-state index contributed by atoms with van der Waals surface area (Å²) in [5, 5.41) is 9.85. The topological polar surface area (TPSA) is 88.9 Å². The summed E-state index contributed by atoms with van der Waals surface area (Å²) in [6.07, 6.45) is 3.28. The minimum Gasteiger partial charge on any atom is -0.349 e. The van der Waals surface area contributed by atoms with Gasteiger partial charge in [0.05, 0.1) is 19.0 Å². The molecule has 144 valence electrons. The van der Waals surface area contributed by atoms with Crippen LogP contribution in [0.1, 0.15) is 36.1 Å².